The highest BCUT2D eigenvalue weighted by molar-refractivity contribution is 7.89. The van der Waals surface area contributed by atoms with Crippen LogP contribution in [-0.4, -0.2) is 43.4 Å². The highest BCUT2D eigenvalue weighted by atomic mass is 32.2. The maximum Gasteiger partial charge on any atom is 0.374 e. The molecule has 0 unspecified atom stereocenters. The summed E-state index contributed by atoms with van der Waals surface area (Å²) >= 11 is 0. The van der Waals surface area contributed by atoms with Gasteiger partial charge in [-0.3, -0.25) is 0 Å². The van der Waals surface area contributed by atoms with Gasteiger partial charge in [-0.2, -0.15) is 4.31 Å². The number of aromatic amines is 1. The van der Waals surface area contributed by atoms with Crippen LogP contribution in [0.3, 0.4) is 0 Å². The van der Waals surface area contributed by atoms with Crippen molar-refractivity contribution in [3.05, 3.63) is 65.0 Å². The van der Waals surface area contributed by atoms with Gasteiger partial charge in [0.2, 0.25) is 15.8 Å². The van der Waals surface area contributed by atoms with Gasteiger partial charge in [0.15, 0.2) is 0 Å². The van der Waals surface area contributed by atoms with Crippen LogP contribution in [0.2, 0.25) is 0 Å². The lowest BCUT2D eigenvalue weighted by molar-refractivity contribution is 0.0491. The molecule has 1 aliphatic heterocycles. The Balaban J connectivity index is 1.39. The van der Waals surface area contributed by atoms with Crippen molar-refractivity contribution in [3.8, 4) is 0 Å². The average molecular weight is 481 g/mol. The van der Waals surface area contributed by atoms with Crippen molar-refractivity contribution in [2.45, 2.75) is 44.4 Å². The fourth-order valence-corrected chi connectivity index (χ4v) is 6.61. The number of nitrogens with one attached hydrogen (secondary N) is 1. The van der Waals surface area contributed by atoms with E-state index in [9.17, 15) is 13.2 Å². The summed E-state index contributed by atoms with van der Waals surface area (Å²) in [5, 5.41) is 1.83. The van der Waals surface area contributed by atoms with Crippen LogP contribution in [0.25, 0.3) is 21.9 Å². The van der Waals surface area contributed by atoms with Crippen molar-refractivity contribution < 1.29 is 22.4 Å². The molecule has 0 spiro atoms. The van der Waals surface area contributed by atoms with Crippen molar-refractivity contribution in [1.82, 2.24) is 9.29 Å². The summed E-state index contributed by atoms with van der Waals surface area (Å²) in [6.45, 7) is 6.71. The zero-order valence-electron chi connectivity index (χ0n) is 19.6. The standard InChI is InChI=1S/C26H28N2O5S/c1-4-32-26(29)25-16(2)21-15-19(9-10-23(21)33-25)34(30,31)28-13-11-18(12-14-28)24-17(3)27-22-8-6-5-7-20(22)24/h5-10,15,18,27H,4,11-14H2,1-3H3. The molecule has 0 atom stereocenters. The third-order valence-corrected chi connectivity index (χ3v) is 8.71. The van der Waals surface area contributed by atoms with Gasteiger partial charge >= 0.3 is 5.97 Å². The van der Waals surface area contributed by atoms with Gasteiger partial charge in [-0.05, 0) is 69.4 Å². The van der Waals surface area contributed by atoms with Crippen molar-refractivity contribution in [2.24, 2.45) is 0 Å². The molecule has 0 bridgehead atoms. The van der Waals surface area contributed by atoms with E-state index in [1.165, 1.54) is 10.9 Å². The van der Waals surface area contributed by atoms with E-state index < -0.39 is 16.0 Å². The van der Waals surface area contributed by atoms with E-state index in [0.717, 1.165) is 24.1 Å². The number of aromatic nitrogens is 1. The Labute approximate surface area is 198 Å². The number of hydrogen-bond donors (Lipinski definition) is 1. The highest BCUT2D eigenvalue weighted by Crippen LogP contribution is 2.37. The number of carbonyl (C=O) groups is 1. The number of para-hydroxylation sites is 1. The fraction of sp³-hybridized carbons (Fsp3) is 0.346. The van der Waals surface area contributed by atoms with E-state index in [0.29, 0.717) is 35.5 Å². The summed E-state index contributed by atoms with van der Waals surface area (Å²) in [5.74, 6) is -0.120. The van der Waals surface area contributed by atoms with Crippen LogP contribution in [0.5, 0.6) is 0 Å². The Kier molecular flexibility index (Phi) is 5.73. The summed E-state index contributed by atoms with van der Waals surface area (Å²) in [6, 6.07) is 13.0. The van der Waals surface area contributed by atoms with Crippen LogP contribution in [0.1, 0.15) is 53.1 Å². The van der Waals surface area contributed by atoms with Gasteiger partial charge in [0, 0.05) is 40.6 Å². The first-order valence-electron chi connectivity index (χ1n) is 11.6. The molecule has 8 heteroatoms. The van der Waals surface area contributed by atoms with Gasteiger partial charge in [-0.1, -0.05) is 18.2 Å². The van der Waals surface area contributed by atoms with Crippen LogP contribution in [0, 0.1) is 13.8 Å². The van der Waals surface area contributed by atoms with Crippen LogP contribution in [0.15, 0.2) is 51.8 Å². The molecule has 1 aliphatic rings. The number of piperidine rings is 1. The summed E-state index contributed by atoms with van der Waals surface area (Å²) in [5.41, 5.74) is 4.62. The zero-order chi connectivity index (χ0) is 24.0. The molecule has 34 heavy (non-hydrogen) atoms. The molecule has 178 valence electrons. The Morgan fingerprint density at radius 1 is 1.12 bits per heavy atom. The molecule has 4 aromatic rings. The van der Waals surface area contributed by atoms with Crippen LogP contribution in [0.4, 0.5) is 0 Å². The molecule has 3 heterocycles. The maximum atomic E-state index is 13.5. The van der Waals surface area contributed by atoms with Crippen LogP contribution < -0.4 is 0 Å². The minimum Gasteiger partial charge on any atom is -0.460 e. The molecule has 0 aliphatic carbocycles. The lowest BCUT2D eigenvalue weighted by Crippen LogP contribution is -2.37. The number of H-pyrrole nitrogens is 1. The number of hydrogen-bond acceptors (Lipinski definition) is 5. The summed E-state index contributed by atoms with van der Waals surface area (Å²) < 4.78 is 39.2. The van der Waals surface area contributed by atoms with Crippen molar-refractivity contribution >= 4 is 37.9 Å². The van der Waals surface area contributed by atoms with Gasteiger partial charge < -0.3 is 14.1 Å². The van der Waals surface area contributed by atoms with Gasteiger partial charge in [-0.25, -0.2) is 13.2 Å². The number of ether oxygens (including phenoxy) is 1. The number of fused-ring (bicyclic) bond motifs is 2. The lowest BCUT2D eigenvalue weighted by atomic mass is 9.88. The molecule has 0 radical (unpaired) electrons. The SMILES string of the molecule is CCOC(=O)c1oc2ccc(S(=O)(=O)N3CCC(c4c(C)[nH]c5ccccc45)CC3)cc2c1C. The number of benzene rings is 2. The predicted octanol–water partition coefficient (Wildman–Crippen LogP) is 5.28. The number of sulfonamides is 1. The molecule has 0 saturated carbocycles. The Morgan fingerprint density at radius 2 is 1.85 bits per heavy atom. The second-order valence-electron chi connectivity index (χ2n) is 8.82. The minimum atomic E-state index is -3.67. The maximum absolute atomic E-state index is 13.5. The third-order valence-electron chi connectivity index (χ3n) is 6.81. The molecule has 1 fully saturated rings. The monoisotopic (exact) mass is 480 g/mol. The van der Waals surface area contributed by atoms with Gasteiger partial charge in [0.25, 0.3) is 0 Å². The molecule has 0 amide bonds. The molecule has 2 aromatic carbocycles. The first-order chi connectivity index (χ1) is 16.3. The predicted molar refractivity (Wildman–Crippen MR) is 131 cm³/mol. The largest absolute Gasteiger partial charge is 0.460 e. The van der Waals surface area contributed by atoms with Crippen LogP contribution >= 0.6 is 0 Å². The van der Waals surface area contributed by atoms with Crippen molar-refractivity contribution in [1.29, 1.82) is 0 Å². The Bertz CT molecular complexity index is 1490. The Hall–Kier alpha value is -3.10. The number of aryl methyl sites for hydroxylation is 2. The number of nitrogens with zero attached hydrogens (tertiary/aromatic N) is 1. The first-order valence-corrected chi connectivity index (χ1v) is 13.0. The molecule has 7 nitrogen and oxygen atoms in total. The van der Waals surface area contributed by atoms with Gasteiger partial charge in [-0.15, -0.1) is 0 Å². The van der Waals surface area contributed by atoms with E-state index >= 15 is 0 Å². The normalized spacial score (nSPS) is 15.9. The number of carbonyl (C=O) groups excluding carboxylic acids is 1. The lowest BCUT2D eigenvalue weighted by Gasteiger charge is -2.31. The minimum absolute atomic E-state index is 0.112. The average Bonchev–Trinajstić information content (AvgIpc) is 3.35. The number of rotatable bonds is 5. The summed E-state index contributed by atoms with van der Waals surface area (Å²) in [4.78, 5) is 15.8. The topological polar surface area (TPSA) is 92.6 Å². The first kappa shape index (κ1) is 22.7. The quantitative estimate of drug-likeness (QED) is 0.393. The van der Waals surface area contributed by atoms with E-state index in [-0.39, 0.29) is 17.3 Å². The summed E-state index contributed by atoms with van der Waals surface area (Å²) in [7, 11) is -3.67. The zero-order valence-corrected chi connectivity index (χ0v) is 20.4. The Morgan fingerprint density at radius 3 is 2.59 bits per heavy atom. The van der Waals surface area contributed by atoms with E-state index in [2.05, 4.69) is 24.0 Å². The molecule has 1 N–H and O–H groups in total. The molecule has 5 rings (SSSR count). The van der Waals surface area contributed by atoms with E-state index in [4.69, 9.17) is 9.15 Å². The third kappa shape index (κ3) is 3.71. The summed E-state index contributed by atoms with van der Waals surface area (Å²) in [6.07, 6.45) is 1.53. The van der Waals surface area contributed by atoms with Crippen LogP contribution in [-0.2, 0) is 14.8 Å². The smallest absolute Gasteiger partial charge is 0.374 e. The highest BCUT2D eigenvalue weighted by Gasteiger charge is 2.32. The second kappa shape index (κ2) is 8.60. The second-order valence-corrected chi connectivity index (χ2v) is 10.8. The fourth-order valence-electron chi connectivity index (χ4n) is 5.11. The van der Waals surface area contributed by atoms with Crippen molar-refractivity contribution in [3.63, 3.8) is 0 Å². The molecular weight excluding hydrogens is 452 g/mol. The van der Waals surface area contributed by atoms with E-state index in [1.807, 2.05) is 12.1 Å². The number of esters is 1. The number of furan rings is 1. The molecule has 1 saturated heterocycles. The molecule has 2 aromatic heterocycles. The van der Waals surface area contributed by atoms with Crippen molar-refractivity contribution in [2.75, 3.05) is 19.7 Å². The van der Waals surface area contributed by atoms with E-state index in [1.54, 1.807) is 36.4 Å². The van der Waals surface area contributed by atoms with Gasteiger partial charge in [0.05, 0.1) is 11.5 Å². The van der Waals surface area contributed by atoms with Gasteiger partial charge in [0.1, 0.15) is 5.58 Å². The molecular formula is C26H28N2O5S.